The van der Waals surface area contributed by atoms with Crippen LogP contribution in [0.2, 0.25) is 0 Å². The molecule has 0 spiro atoms. The summed E-state index contributed by atoms with van der Waals surface area (Å²) in [6, 6.07) is 0. The fourth-order valence-corrected chi connectivity index (χ4v) is 4.24. The average Bonchev–Trinajstić information content (AvgIpc) is 3.02. The van der Waals surface area contributed by atoms with Crippen molar-refractivity contribution in [1.82, 2.24) is 9.80 Å². The highest BCUT2D eigenvalue weighted by Gasteiger charge is 2.55. The first-order valence-corrected chi connectivity index (χ1v) is 8.57. The minimum atomic E-state index is -0.351. The first kappa shape index (κ1) is 17.5. The lowest BCUT2D eigenvalue weighted by Gasteiger charge is -2.35. The number of nitrogens with zero attached hydrogens (tertiary/aromatic N) is 2. The van der Waals surface area contributed by atoms with Gasteiger partial charge in [-0.25, -0.2) is 0 Å². The molecule has 2 unspecified atom stereocenters. The molecule has 126 valence electrons. The van der Waals surface area contributed by atoms with Gasteiger partial charge in [0.25, 0.3) is 0 Å². The van der Waals surface area contributed by atoms with Crippen molar-refractivity contribution >= 4 is 11.7 Å². The number of carbonyl (C=O) groups excluding carboxylic acids is 2. The molecule has 4 heteroatoms. The summed E-state index contributed by atoms with van der Waals surface area (Å²) in [7, 11) is 5.92. The summed E-state index contributed by atoms with van der Waals surface area (Å²) in [5.41, 5.74) is -0.351. The van der Waals surface area contributed by atoms with Gasteiger partial charge in [-0.15, -0.1) is 0 Å². The Hall–Kier alpha value is -0.900. The molecular weight excluding hydrogens is 276 g/mol. The summed E-state index contributed by atoms with van der Waals surface area (Å²) in [5, 5.41) is 0. The van der Waals surface area contributed by atoms with Crippen molar-refractivity contribution in [3.05, 3.63) is 0 Å². The van der Waals surface area contributed by atoms with E-state index in [0.717, 1.165) is 32.4 Å². The Labute approximate surface area is 135 Å². The molecule has 2 saturated carbocycles. The van der Waals surface area contributed by atoms with Crippen molar-refractivity contribution < 1.29 is 9.59 Å². The minimum Gasteiger partial charge on any atom is -0.344 e. The Morgan fingerprint density at radius 1 is 0.955 bits per heavy atom. The van der Waals surface area contributed by atoms with Crippen LogP contribution in [0.1, 0.15) is 40.0 Å². The van der Waals surface area contributed by atoms with Crippen molar-refractivity contribution in [1.29, 1.82) is 0 Å². The SMILES string of the molecule is CN(C)CCN(C)C(=O)[C@H]1C2CCC(C2)[C@H]1C(=O)C(C)(C)C. The second kappa shape index (κ2) is 6.31. The Morgan fingerprint density at radius 2 is 1.50 bits per heavy atom. The van der Waals surface area contributed by atoms with E-state index in [1.165, 1.54) is 0 Å². The third kappa shape index (κ3) is 3.37. The van der Waals surface area contributed by atoms with E-state index in [1.807, 2.05) is 46.8 Å². The number of Topliss-reactive ketones (excluding diaryl/α,β-unsaturated/α-hetero) is 1. The Kier molecular flexibility index (Phi) is 5.00. The lowest BCUT2D eigenvalue weighted by Crippen LogP contribution is -2.46. The predicted molar refractivity (Wildman–Crippen MR) is 88.5 cm³/mol. The van der Waals surface area contributed by atoms with E-state index in [2.05, 4.69) is 4.90 Å². The van der Waals surface area contributed by atoms with E-state index in [-0.39, 0.29) is 23.2 Å². The van der Waals surface area contributed by atoms with Crippen molar-refractivity contribution in [3.63, 3.8) is 0 Å². The molecule has 0 aromatic rings. The molecule has 4 atom stereocenters. The predicted octanol–water partition coefficient (Wildman–Crippen LogP) is 2.28. The summed E-state index contributed by atoms with van der Waals surface area (Å²) >= 11 is 0. The topological polar surface area (TPSA) is 40.6 Å². The van der Waals surface area contributed by atoms with Gasteiger partial charge in [-0.05, 0) is 45.2 Å². The molecule has 0 aliphatic heterocycles. The molecule has 2 fully saturated rings. The van der Waals surface area contributed by atoms with Crippen LogP contribution in [0.15, 0.2) is 0 Å². The fraction of sp³-hybridized carbons (Fsp3) is 0.889. The molecule has 0 aromatic carbocycles. The Bertz CT molecular complexity index is 439. The van der Waals surface area contributed by atoms with Gasteiger partial charge in [0.15, 0.2) is 0 Å². The van der Waals surface area contributed by atoms with Crippen molar-refractivity contribution in [3.8, 4) is 0 Å². The van der Waals surface area contributed by atoms with Gasteiger partial charge >= 0.3 is 0 Å². The summed E-state index contributed by atoms with van der Waals surface area (Å²) in [5.74, 6) is 1.23. The normalized spacial score (nSPS) is 30.9. The van der Waals surface area contributed by atoms with Gasteiger partial charge in [-0.3, -0.25) is 9.59 Å². The largest absolute Gasteiger partial charge is 0.344 e. The number of likely N-dealkylation sites (N-methyl/N-ethyl adjacent to an activating group) is 2. The molecule has 2 bridgehead atoms. The monoisotopic (exact) mass is 308 g/mol. The van der Waals surface area contributed by atoms with Crippen LogP contribution >= 0.6 is 0 Å². The second-order valence-electron chi connectivity index (χ2n) is 8.56. The molecule has 0 heterocycles. The second-order valence-corrected chi connectivity index (χ2v) is 8.56. The number of fused-ring (bicyclic) bond motifs is 2. The summed E-state index contributed by atoms with van der Waals surface area (Å²) in [6.45, 7) is 7.55. The maximum absolute atomic E-state index is 12.9. The van der Waals surface area contributed by atoms with Crippen LogP contribution < -0.4 is 0 Å². The molecule has 22 heavy (non-hydrogen) atoms. The van der Waals surface area contributed by atoms with Crippen molar-refractivity contribution in [2.24, 2.45) is 29.1 Å². The molecule has 1 amide bonds. The van der Waals surface area contributed by atoms with E-state index in [0.29, 0.717) is 17.6 Å². The quantitative estimate of drug-likeness (QED) is 0.782. The maximum atomic E-state index is 12.9. The van der Waals surface area contributed by atoms with Gasteiger partial charge in [0.2, 0.25) is 5.91 Å². The molecule has 0 N–H and O–H groups in total. The molecule has 2 aliphatic carbocycles. The molecule has 0 aromatic heterocycles. The number of rotatable bonds is 5. The van der Waals surface area contributed by atoms with E-state index in [9.17, 15) is 9.59 Å². The molecule has 2 rings (SSSR count). The van der Waals surface area contributed by atoms with E-state index in [4.69, 9.17) is 0 Å². The van der Waals surface area contributed by atoms with Crippen LogP contribution in [0.25, 0.3) is 0 Å². The molecule has 2 aliphatic rings. The number of hydrogen-bond donors (Lipinski definition) is 0. The summed E-state index contributed by atoms with van der Waals surface area (Å²) < 4.78 is 0. The van der Waals surface area contributed by atoms with E-state index in [1.54, 1.807) is 0 Å². The van der Waals surface area contributed by atoms with Gasteiger partial charge in [-0.2, -0.15) is 0 Å². The minimum absolute atomic E-state index is 0.0481. The fourth-order valence-electron chi connectivity index (χ4n) is 4.24. The van der Waals surface area contributed by atoms with Crippen LogP contribution in [0.4, 0.5) is 0 Å². The van der Waals surface area contributed by atoms with Gasteiger partial charge in [0, 0.05) is 31.5 Å². The maximum Gasteiger partial charge on any atom is 0.226 e. The standard InChI is InChI=1S/C18H32N2O2/c1-18(2,3)16(21)14-12-7-8-13(11-12)15(14)17(22)20(6)10-9-19(4)5/h12-15H,7-11H2,1-6H3/t12?,13?,14-,15+/m1/s1. The lowest BCUT2D eigenvalue weighted by atomic mass is 9.70. The van der Waals surface area contributed by atoms with Crippen LogP contribution in [0.5, 0.6) is 0 Å². The highest BCUT2D eigenvalue weighted by Crippen LogP contribution is 2.54. The number of carbonyl (C=O) groups is 2. The number of amides is 1. The summed E-state index contributed by atoms with van der Waals surface area (Å²) in [6.07, 6.45) is 3.32. The summed E-state index contributed by atoms with van der Waals surface area (Å²) in [4.78, 5) is 29.8. The number of ketones is 1. The Morgan fingerprint density at radius 3 is 2.00 bits per heavy atom. The zero-order valence-electron chi connectivity index (χ0n) is 15.1. The third-order valence-corrected chi connectivity index (χ3v) is 5.50. The van der Waals surface area contributed by atoms with Gasteiger partial charge in [-0.1, -0.05) is 20.8 Å². The highest BCUT2D eigenvalue weighted by atomic mass is 16.2. The van der Waals surface area contributed by atoms with Crippen molar-refractivity contribution in [2.45, 2.75) is 40.0 Å². The third-order valence-electron chi connectivity index (χ3n) is 5.50. The van der Waals surface area contributed by atoms with E-state index >= 15 is 0 Å². The van der Waals surface area contributed by atoms with Gasteiger partial charge < -0.3 is 9.80 Å². The van der Waals surface area contributed by atoms with Crippen LogP contribution in [0.3, 0.4) is 0 Å². The zero-order chi connectivity index (χ0) is 16.7. The first-order valence-electron chi connectivity index (χ1n) is 8.57. The molecular formula is C18H32N2O2. The van der Waals surface area contributed by atoms with Crippen LogP contribution in [-0.4, -0.2) is 55.7 Å². The number of hydrogen-bond acceptors (Lipinski definition) is 3. The van der Waals surface area contributed by atoms with Crippen LogP contribution in [0, 0.1) is 29.1 Å². The average molecular weight is 308 g/mol. The molecule has 0 saturated heterocycles. The molecule has 0 radical (unpaired) electrons. The highest BCUT2D eigenvalue weighted by molar-refractivity contribution is 5.92. The van der Waals surface area contributed by atoms with Gasteiger partial charge in [0.05, 0.1) is 5.92 Å². The zero-order valence-corrected chi connectivity index (χ0v) is 15.1. The first-order chi connectivity index (χ1) is 10.1. The van der Waals surface area contributed by atoms with Crippen LogP contribution in [-0.2, 0) is 9.59 Å². The lowest BCUT2D eigenvalue weighted by molar-refractivity contribution is -0.145. The molecule has 4 nitrogen and oxygen atoms in total. The van der Waals surface area contributed by atoms with E-state index < -0.39 is 0 Å². The Balaban J connectivity index is 2.13. The van der Waals surface area contributed by atoms with Crippen molar-refractivity contribution in [2.75, 3.05) is 34.2 Å². The smallest absolute Gasteiger partial charge is 0.226 e. The van der Waals surface area contributed by atoms with Gasteiger partial charge in [0.1, 0.15) is 5.78 Å².